The van der Waals surface area contributed by atoms with Crippen molar-refractivity contribution in [2.24, 2.45) is 0 Å². The predicted molar refractivity (Wildman–Crippen MR) is 136 cm³/mol. The number of nitrogens with one attached hydrogen (secondary N) is 1. The maximum Gasteiger partial charge on any atom is 0.338 e. The van der Waals surface area contributed by atoms with Crippen LogP contribution in [0.25, 0.3) is 6.08 Å². The first kappa shape index (κ1) is 24.4. The molecule has 1 aliphatic heterocycles. The van der Waals surface area contributed by atoms with Crippen molar-refractivity contribution >= 4 is 57.8 Å². The van der Waals surface area contributed by atoms with E-state index in [9.17, 15) is 14.4 Å². The van der Waals surface area contributed by atoms with Crippen molar-refractivity contribution in [3.63, 3.8) is 0 Å². The van der Waals surface area contributed by atoms with Gasteiger partial charge in [-0.2, -0.15) is 0 Å². The molecule has 0 unspecified atom stereocenters. The Hall–Kier alpha value is -3.23. The third kappa shape index (κ3) is 6.87. The molecule has 0 radical (unpaired) electrons. The predicted octanol–water partition coefficient (Wildman–Crippen LogP) is 5.04. The van der Waals surface area contributed by atoms with E-state index in [1.807, 2.05) is 49.4 Å². The Balaban J connectivity index is 1.55. The van der Waals surface area contributed by atoms with Crippen LogP contribution in [0.15, 0.2) is 71.2 Å². The summed E-state index contributed by atoms with van der Waals surface area (Å²) >= 11 is 6.59. The van der Waals surface area contributed by atoms with Gasteiger partial charge in [-0.3, -0.25) is 14.5 Å². The fourth-order valence-corrected chi connectivity index (χ4v) is 4.45. The summed E-state index contributed by atoms with van der Waals surface area (Å²) in [6, 6.07) is 16.3. The lowest BCUT2D eigenvalue weighted by Gasteiger charge is -2.14. The first-order valence-electron chi connectivity index (χ1n) is 10.4. The average molecular weight is 481 g/mol. The van der Waals surface area contributed by atoms with Crippen molar-refractivity contribution in [3.05, 3.63) is 82.3 Å². The largest absolute Gasteiger partial charge is 0.462 e. The van der Waals surface area contributed by atoms with E-state index in [1.54, 1.807) is 31.2 Å². The highest BCUT2D eigenvalue weighted by molar-refractivity contribution is 8.26. The minimum Gasteiger partial charge on any atom is -0.462 e. The molecular weight excluding hydrogens is 456 g/mol. The average Bonchev–Trinajstić information content (AvgIpc) is 3.05. The van der Waals surface area contributed by atoms with Crippen LogP contribution in [-0.4, -0.2) is 40.2 Å². The van der Waals surface area contributed by atoms with Gasteiger partial charge in [0.25, 0.3) is 5.91 Å². The second-order valence-corrected chi connectivity index (χ2v) is 8.90. The normalized spacial score (nSPS) is 15.2. The number of rotatable bonds is 8. The van der Waals surface area contributed by atoms with Gasteiger partial charge in [-0.15, -0.1) is 0 Å². The van der Waals surface area contributed by atoms with E-state index in [4.69, 9.17) is 17.0 Å². The molecule has 2 aromatic carbocycles. The molecule has 2 aromatic rings. The van der Waals surface area contributed by atoms with Gasteiger partial charge in [0, 0.05) is 18.7 Å². The van der Waals surface area contributed by atoms with Crippen LogP contribution >= 0.6 is 24.0 Å². The van der Waals surface area contributed by atoms with Crippen molar-refractivity contribution in [1.82, 2.24) is 4.90 Å². The lowest BCUT2D eigenvalue weighted by molar-refractivity contribution is -0.122. The molecule has 1 heterocycles. The summed E-state index contributed by atoms with van der Waals surface area (Å²) in [6.45, 7) is 4.16. The Kier molecular flexibility index (Phi) is 8.57. The van der Waals surface area contributed by atoms with Gasteiger partial charge in [-0.1, -0.05) is 60.4 Å². The topological polar surface area (TPSA) is 75.7 Å². The summed E-state index contributed by atoms with van der Waals surface area (Å²) in [7, 11) is 0. The third-order valence-electron chi connectivity index (χ3n) is 4.67. The molecule has 1 saturated heterocycles. The number of nitrogens with zero attached hydrogens (tertiary/aromatic N) is 1. The number of anilines is 1. The van der Waals surface area contributed by atoms with Crippen LogP contribution in [0.1, 0.15) is 36.2 Å². The molecule has 1 N–H and O–H groups in total. The maximum absolute atomic E-state index is 12.8. The number of esters is 1. The Labute approximate surface area is 202 Å². The zero-order valence-corrected chi connectivity index (χ0v) is 20.0. The van der Waals surface area contributed by atoms with E-state index in [1.165, 1.54) is 16.7 Å². The number of allylic oxidation sites excluding steroid dienone is 2. The van der Waals surface area contributed by atoms with Crippen molar-refractivity contribution in [2.45, 2.75) is 20.3 Å². The number of hydrogen-bond donors (Lipinski definition) is 1. The molecule has 6 nitrogen and oxygen atoms in total. The van der Waals surface area contributed by atoms with E-state index in [-0.39, 0.29) is 24.8 Å². The molecule has 0 saturated carbocycles. The van der Waals surface area contributed by atoms with Gasteiger partial charge in [0.05, 0.1) is 17.1 Å². The standard InChI is InChI=1S/C25H24N2O4S2/c1-3-31-24(30)19-9-11-20(12-10-19)26-22(28)13-14-27-23(29)21(33-25(27)32)16-17(2)15-18-7-5-4-6-8-18/h4-12,15-16H,3,13-14H2,1-2H3,(H,26,28)/b17-15-,21-16+. The number of thiocarbonyl (C=S) groups is 1. The maximum atomic E-state index is 12.8. The van der Waals surface area contributed by atoms with E-state index >= 15 is 0 Å². The number of hydrogen-bond acceptors (Lipinski definition) is 6. The monoisotopic (exact) mass is 480 g/mol. The third-order valence-corrected chi connectivity index (χ3v) is 6.05. The Bertz CT molecular complexity index is 1110. The van der Waals surface area contributed by atoms with Gasteiger partial charge in [-0.05, 0) is 55.3 Å². The highest BCUT2D eigenvalue weighted by Gasteiger charge is 2.32. The molecule has 1 aliphatic rings. The molecular formula is C25H24N2O4S2. The number of carbonyl (C=O) groups excluding carboxylic acids is 3. The van der Waals surface area contributed by atoms with Gasteiger partial charge in [0.2, 0.25) is 5.91 Å². The van der Waals surface area contributed by atoms with Crippen molar-refractivity contribution in [1.29, 1.82) is 0 Å². The Morgan fingerprint density at radius 3 is 2.48 bits per heavy atom. The van der Waals surface area contributed by atoms with E-state index < -0.39 is 5.97 Å². The molecule has 0 aromatic heterocycles. The van der Waals surface area contributed by atoms with Crippen LogP contribution in [0.2, 0.25) is 0 Å². The highest BCUT2D eigenvalue weighted by atomic mass is 32.2. The fraction of sp³-hybridized carbons (Fsp3) is 0.200. The van der Waals surface area contributed by atoms with Gasteiger partial charge in [-0.25, -0.2) is 4.79 Å². The summed E-state index contributed by atoms with van der Waals surface area (Å²) in [4.78, 5) is 38.8. The van der Waals surface area contributed by atoms with E-state index in [0.717, 1.165) is 11.1 Å². The SMILES string of the molecule is CCOC(=O)c1ccc(NC(=O)CCN2C(=O)/C(=C\C(C)=C/c3ccccc3)SC2=S)cc1. The van der Waals surface area contributed by atoms with Crippen molar-refractivity contribution in [2.75, 3.05) is 18.5 Å². The first-order valence-corrected chi connectivity index (χ1v) is 11.7. The lowest BCUT2D eigenvalue weighted by Crippen LogP contribution is -2.31. The second kappa shape index (κ2) is 11.6. The van der Waals surface area contributed by atoms with Crippen LogP contribution in [0, 0.1) is 0 Å². The minimum absolute atomic E-state index is 0.0954. The summed E-state index contributed by atoms with van der Waals surface area (Å²) in [5, 5.41) is 2.76. The number of benzene rings is 2. The molecule has 0 aliphatic carbocycles. The van der Waals surface area contributed by atoms with Crippen LogP contribution < -0.4 is 5.32 Å². The van der Waals surface area contributed by atoms with Crippen molar-refractivity contribution < 1.29 is 19.1 Å². The summed E-state index contributed by atoms with van der Waals surface area (Å²) in [5.74, 6) is -0.860. The fourth-order valence-electron chi connectivity index (χ4n) is 3.09. The molecule has 0 bridgehead atoms. The van der Waals surface area contributed by atoms with Gasteiger partial charge in [0.1, 0.15) is 4.32 Å². The number of carbonyl (C=O) groups is 3. The molecule has 170 valence electrons. The number of ether oxygens (including phenoxy) is 1. The van der Waals surface area contributed by atoms with Gasteiger partial charge in [0.15, 0.2) is 0 Å². The van der Waals surface area contributed by atoms with Crippen LogP contribution in [0.3, 0.4) is 0 Å². The molecule has 1 fully saturated rings. The molecule has 0 atom stereocenters. The van der Waals surface area contributed by atoms with Gasteiger partial charge >= 0.3 is 5.97 Å². The lowest BCUT2D eigenvalue weighted by atomic mass is 10.1. The molecule has 8 heteroatoms. The van der Waals surface area contributed by atoms with E-state index in [0.29, 0.717) is 27.1 Å². The summed E-state index contributed by atoms with van der Waals surface area (Å²) in [5.41, 5.74) is 2.95. The highest BCUT2D eigenvalue weighted by Crippen LogP contribution is 2.32. The smallest absolute Gasteiger partial charge is 0.338 e. The quantitative estimate of drug-likeness (QED) is 0.324. The first-order chi connectivity index (χ1) is 15.9. The second-order valence-electron chi connectivity index (χ2n) is 7.23. The zero-order valence-electron chi connectivity index (χ0n) is 18.4. The molecule has 2 amide bonds. The summed E-state index contributed by atoms with van der Waals surface area (Å²) in [6.07, 6.45) is 3.91. The van der Waals surface area contributed by atoms with E-state index in [2.05, 4.69) is 5.32 Å². The summed E-state index contributed by atoms with van der Waals surface area (Å²) < 4.78 is 5.38. The molecule has 3 rings (SSSR count). The minimum atomic E-state index is -0.411. The van der Waals surface area contributed by atoms with Crippen LogP contribution in [0.4, 0.5) is 5.69 Å². The Morgan fingerprint density at radius 2 is 1.82 bits per heavy atom. The van der Waals surface area contributed by atoms with Crippen molar-refractivity contribution in [3.8, 4) is 0 Å². The Morgan fingerprint density at radius 1 is 1.12 bits per heavy atom. The molecule has 0 spiro atoms. The zero-order chi connectivity index (χ0) is 23.8. The van der Waals surface area contributed by atoms with Gasteiger partial charge < -0.3 is 10.1 Å². The van der Waals surface area contributed by atoms with Crippen LogP contribution in [-0.2, 0) is 14.3 Å². The number of thioether (sulfide) groups is 1. The number of amides is 2. The molecule has 33 heavy (non-hydrogen) atoms. The van der Waals surface area contributed by atoms with Crippen LogP contribution in [0.5, 0.6) is 0 Å².